The van der Waals surface area contributed by atoms with Crippen LogP contribution in [0.2, 0.25) is 0 Å². The van der Waals surface area contributed by atoms with Crippen LogP contribution in [0.25, 0.3) is 32.7 Å². The smallest absolute Gasteiger partial charge is 0.00580 e. The minimum absolute atomic E-state index is 1.17. The van der Waals surface area contributed by atoms with Crippen LogP contribution in [0.3, 0.4) is 0 Å². The molecule has 0 saturated heterocycles. The van der Waals surface area contributed by atoms with Gasteiger partial charge < -0.3 is 0 Å². The van der Waals surface area contributed by atoms with E-state index in [4.69, 9.17) is 0 Å². The van der Waals surface area contributed by atoms with Gasteiger partial charge in [-0.2, -0.15) is 0 Å². The van der Waals surface area contributed by atoms with Gasteiger partial charge in [-0.05, 0) is 56.6 Å². The zero-order chi connectivity index (χ0) is 13.1. The van der Waals surface area contributed by atoms with E-state index in [1.165, 1.54) is 51.1 Å². The summed E-state index contributed by atoms with van der Waals surface area (Å²) in [6, 6.07) is 22.3. The third-order valence-electron chi connectivity index (χ3n) is 4.73. The summed E-state index contributed by atoms with van der Waals surface area (Å²) in [5, 5.41) is 5.80. The Morgan fingerprint density at radius 1 is 0.600 bits per heavy atom. The first kappa shape index (κ1) is 10.4. The molecule has 0 radical (unpaired) electrons. The molecular formula is C20H14. The summed E-state index contributed by atoms with van der Waals surface area (Å²) in [6.45, 7) is 0. The minimum Gasteiger partial charge on any atom is -0.0622 e. The van der Waals surface area contributed by atoms with Gasteiger partial charge in [0.2, 0.25) is 0 Å². The van der Waals surface area contributed by atoms with Gasteiger partial charge in [-0.3, -0.25) is 0 Å². The monoisotopic (exact) mass is 254 g/mol. The maximum atomic E-state index is 2.30. The molecule has 0 fully saturated rings. The Hall–Kier alpha value is -2.34. The largest absolute Gasteiger partial charge is 0.0622 e. The van der Waals surface area contributed by atoms with Crippen molar-refractivity contribution < 1.29 is 0 Å². The molecular weight excluding hydrogens is 240 g/mol. The van der Waals surface area contributed by atoms with E-state index in [-0.39, 0.29) is 0 Å². The van der Waals surface area contributed by atoms with E-state index in [1.54, 1.807) is 5.56 Å². The fourth-order valence-electron chi connectivity index (χ4n) is 3.90. The number of fused-ring (bicyclic) bond motifs is 3. The van der Waals surface area contributed by atoms with Crippen molar-refractivity contribution >= 4 is 21.5 Å². The van der Waals surface area contributed by atoms with Crippen molar-refractivity contribution in [3.8, 4) is 11.1 Å². The molecule has 0 heteroatoms. The zero-order valence-electron chi connectivity index (χ0n) is 11.2. The summed E-state index contributed by atoms with van der Waals surface area (Å²) in [4.78, 5) is 0. The van der Waals surface area contributed by atoms with Crippen LogP contribution < -0.4 is 0 Å². The number of aryl methyl sites for hydroxylation is 2. The number of benzene rings is 2. The van der Waals surface area contributed by atoms with Gasteiger partial charge in [0.1, 0.15) is 0 Å². The normalized spacial score (nSPS) is 13.6. The van der Waals surface area contributed by atoms with E-state index in [9.17, 15) is 0 Å². The molecule has 20 heavy (non-hydrogen) atoms. The quantitative estimate of drug-likeness (QED) is 0.405. The molecule has 0 amide bonds. The first-order chi connectivity index (χ1) is 9.93. The van der Waals surface area contributed by atoms with Crippen molar-refractivity contribution in [1.29, 1.82) is 0 Å². The highest BCUT2D eigenvalue weighted by Crippen LogP contribution is 2.45. The van der Waals surface area contributed by atoms with Crippen molar-refractivity contribution in [2.24, 2.45) is 0 Å². The molecule has 0 saturated carbocycles. The van der Waals surface area contributed by atoms with Gasteiger partial charge in [-0.25, -0.2) is 0 Å². The number of rotatable bonds is 0. The lowest BCUT2D eigenvalue weighted by Crippen LogP contribution is -1.98. The second-order valence-electron chi connectivity index (χ2n) is 5.72. The Bertz CT molecular complexity index is 947. The molecule has 0 heterocycles. The second kappa shape index (κ2) is 3.61. The molecule has 0 spiro atoms. The molecule has 2 aromatic carbocycles. The predicted octanol–water partition coefficient (Wildman–Crippen LogP) is 5.20. The van der Waals surface area contributed by atoms with E-state index < -0.39 is 0 Å². The molecule has 0 unspecified atom stereocenters. The Kier molecular flexibility index (Phi) is 1.88. The fourth-order valence-corrected chi connectivity index (χ4v) is 3.90. The topological polar surface area (TPSA) is 0 Å². The van der Waals surface area contributed by atoms with Crippen molar-refractivity contribution in [2.45, 2.75) is 12.8 Å². The van der Waals surface area contributed by atoms with Gasteiger partial charge in [-0.1, -0.05) is 60.7 Å². The Balaban J connectivity index is 2.15. The third-order valence-corrected chi connectivity index (χ3v) is 4.73. The summed E-state index contributed by atoms with van der Waals surface area (Å²) < 4.78 is 0. The van der Waals surface area contributed by atoms with Crippen LogP contribution in [0.4, 0.5) is 0 Å². The Morgan fingerprint density at radius 2 is 1.50 bits per heavy atom. The lowest BCUT2D eigenvalue weighted by Gasteiger charge is -2.15. The van der Waals surface area contributed by atoms with Gasteiger partial charge in [0.15, 0.2) is 0 Å². The van der Waals surface area contributed by atoms with E-state index >= 15 is 0 Å². The molecule has 2 aromatic rings. The van der Waals surface area contributed by atoms with Crippen LogP contribution >= 0.6 is 0 Å². The summed E-state index contributed by atoms with van der Waals surface area (Å²) in [6.07, 6.45) is 2.33. The highest BCUT2D eigenvalue weighted by molar-refractivity contribution is 6.19. The summed E-state index contributed by atoms with van der Waals surface area (Å²) in [5.41, 5.74) is 5.90. The van der Waals surface area contributed by atoms with E-state index in [2.05, 4.69) is 60.7 Å². The summed E-state index contributed by atoms with van der Waals surface area (Å²) in [5.74, 6) is 0. The van der Waals surface area contributed by atoms with Crippen LogP contribution in [0.15, 0.2) is 60.7 Å². The van der Waals surface area contributed by atoms with Crippen LogP contribution in [-0.2, 0) is 12.8 Å². The van der Waals surface area contributed by atoms with E-state index in [0.29, 0.717) is 0 Å². The zero-order valence-corrected chi connectivity index (χ0v) is 11.2. The first-order valence-corrected chi connectivity index (χ1v) is 7.27. The lowest BCUT2D eigenvalue weighted by molar-refractivity contribution is 0.973. The Morgan fingerprint density at radius 3 is 2.45 bits per heavy atom. The summed E-state index contributed by atoms with van der Waals surface area (Å²) >= 11 is 0. The SMILES string of the molecule is c1ccc2c3c4c(ccc5cccc(c54)CC3)c-2cc1. The molecule has 0 atom stereocenters. The average Bonchev–Trinajstić information content (AvgIpc) is 2.64. The van der Waals surface area contributed by atoms with Gasteiger partial charge in [0.25, 0.3) is 0 Å². The first-order valence-electron chi connectivity index (χ1n) is 7.27. The highest BCUT2D eigenvalue weighted by atomic mass is 14.3. The standard InChI is InChI=1S/C20H14/c1-2-7-15-16(8-3-1)18-12-10-14-6-4-5-13-9-11-17(15)20(18)19(13)14/h1-9,11H,10,12H2. The molecule has 5 rings (SSSR count). The predicted molar refractivity (Wildman–Crippen MR) is 85.5 cm³/mol. The molecule has 3 aliphatic carbocycles. The maximum Gasteiger partial charge on any atom is -0.00580 e. The minimum atomic E-state index is 1.17. The molecule has 0 aliphatic heterocycles. The second-order valence-corrected chi connectivity index (χ2v) is 5.72. The highest BCUT2D eigenvalue weighted by Gasteiger charge is 2.22. The third kappa shape index (κ3) is 1.17. The molecule has 0 N–H and O–H groups in total. The maximum absolute atomic E-state index is 2.30. The molecule has 0 nitrogen and oxygen atoms in total. The average molecular weight is 254 g/mol. The van der Waals surface area contributed by atoms with E-state index in [1.807, 2.05) is 0 Å². The van der Waals surface area contributed by atoms with Crippen LogP contribution in [0, 0.1) is 0 Å². The summed E-state index contributed by atoms with van der Waals surface area (Å²) in [7, 11) is 0. The van der Waals surface area contributed by atoms with E-state index in [0.717, 1.165) is 0 Å². The van der Waals surface area contributed by atoms with Crippen LogP contribution in [0.5, 0.6) is 0 Å². The molecule has 94 valence electrons. The Labute approximate surface area is 118 Å². The van der Waals surface area contributed by atoms with Crippen LogP contribution in [0.1, 0.15) is 11.1 Å². The number of hydrogen-bond donors (Lipinski definition) is 0. The number of hydrogen-bond acceptors (Lipinski definition) is 0. The van der Waals surface area contributed by atoms with Gasteiger partial charge >= 0.3 is 0 Å². The molecule has 0 aromatic heterocycles. The van der Waals surface area contributed by atoms with Crippen LogP contribution in [-0.4, -0.2) is 0 Å². The van der Waals surface area contributed by atoms with Crippen molar-refractivity contribution in [2.75, 3.05) is 0 Å². The van der Waals surface area contributed by atoms with Gasteiger partial charge in [0, 0.05) is 0 Å². The van der Waals surface area contributed by atoms with Crippen molar-refractivity contribution in [3.05, 3.63) is 71.8 Å². The lowest BCUT2D eigenvalue weighted by atomic mass is 9.89. The fraction of sp³-hybridized carbons (Fsp3) is 0.100. The van der Waals surface area contributed by atoms with Gasteiger partial charge in [0.05, 0.1) is 0 Å². The molecule has 0 bridgehead atoms. The van der Waals surface area contributed by atoms with Crippen molar-refractivity contribution in [1.82, 2.24) is 0 Å². The van der Waals surface area contributed by atoms with Gasteiger partial charge in [-0.15, -0.1) is 0 Å². The molecule has 3 aliphatic rings. The van der Waals surface area contributed by atoms with Crippen molar-refractivity contribution in [3.63, 3.8) is 0 Å².